The lowest BCUT2D eigenvalue weighted by atomic mass is 9.52. The van der Waals surface area contributed by atoms with Gasteiger partial charge in [0.25, 0.3) is 0 Å². The quantitative estimate of drug-likeness (QED) is 0.892. The molecule has 2 heteroatoms. The molecule has 0 heterocycles. The minimum Gasteiger partial charge on any atom is -0.390 e. The van der Waals surface area contributed by atoms with Crippen LogP contribution in [0.3, 0.4) is 0 Å². The van der Waals surface area contributed by atoms with Crippen LogP contribution in [0.2, 0.25) is 0 Å². The van der Waals surface area contributed by atoms with Crippen LogP contribution in [-0.2, 0) is 0 Å². The van der Waals surface area contributed by atoms with Gasteiger partial charge in [-0.1, -0.05) is 60.7 Å². The van der Waals surface area contributed by atoms with Crippen molar-refractivity contribution in [1.29, 1.82) is 0 Å². The maximum absolute atomic E-state index is 10.2. The van der Waals surface area contributed by atoms with Gasteiger partial charge in [-0.3, -0.25) is 0 Å². The second kappa shape index (κ2) is 5.53. The Morgan fingerprint density at radius 3 is 1.32 bits per heavy atom. The summed E-state index contributed by atoms with van der Waals surface area (Å²) in [6.07, 6.45) is 0.206. The van der Waals surface area contributed by atoms with Gasteiger partial charge < -0.3 is 10.2 Å². The van der Waals surface area contributed by atoms with E-state index < -0.39 is 12.2 Å². The molecule has 0 unspecified atom stereocenters. The molecule has 114 valence electrons. The van der Waals surface area contributed by atoms with E-state index in [1.54, 1.807) is 0 Å². The first-order valence-electron chi connectivity index (χ1n) is 8.21. The van der Waals surface area contributed by atoms with Crippen molar-refractivity contribution in [2.24, 2.45) is 11.8 Å². The summed E-state index contributed by atoms with van der Waals surface area (Å²) in [4.78, 5) is 0. The molecule has 2 N–H and O–H groups in total. The van der Waals surface area contributed by atoms with E-state index in [-0.39, 0.29) is 0 Å². The van der Waals surface area contributed by atoms with Gasteiger partial charge in [0.2, 0.25) is 0 Å². The molecule has 5 rings (SSSR count). The smallest absolute Gasteiger partial charge is 0.0802 e. The molecule has 0 amide bonds. The standard InChI is InChI=1S/C20H22O2/c21-17-11-15-19(13-7-3-1-4-8-13)16(12-18(17)22)20(15)14-9-5-2-6-10-14/h1-10,15-22H,11-12H2/t15?,16?,17-,18-,19?,20?/m1/s1. The predicted molar refractivity (Wildman–Crippen MR) is 86.6 cm³/mol. The van der Waals surface area contributed by atoms with Gasteiger partial charge in [-0.05, 0) is 47.6 Å². The molecule has 3 saturated carbocycles. The van der Waals surface area contributed by atoms with Crippen molar-refractivity contribution in [1.82, 2.24) is 0 Å². The summed E-state index contributed by atoms with van der Waals surface area (Å²) in [6, 6.07) is 21.2. The number of hydrogen-bond donors (Lipinski definition) is 2. The van der Waals surface area contributed by atoms with Gasteiger partial charge in [-0.25, -0.2) is 0 Å². The van der Waals surface area contributed by atoms with Gasteiger partial charge in [-0.2, -0.15) is 0 Å². The van der Waals surface area contributed by atoms with Crippen molar-refractivity contribution < 1.29 is 10.2 Å². The Bertz CT molecular complexity index is 559. The van der Waals surface area contributed by atoms with E-state index in [9.17, 15) is 10.2 Å². The molecule has 0 spiro atoms. The predicted octanol–water partition coefficient (Wildman–Crippen LogP) is 3.32. The van der Waals surface area contributed by atoms with Crippen molar-refractivity contribution in [2.75, 3.05) is 0 Å². The topological polar surface area (TPSA) is 40.5 Å². The molecule has 0 aliphatic heterocycles. The molecule has 3 fully saturated rings. The molecule has 2 aromatic carbocycles. The molecular formula is C20H22O2. The summed E-state index contributed by atoms with van der Waals surface area (Å²) in [7, 11) is 0. The van der Waals surface area contributed by atoms with Gasteiger partial charge in [0.15, 0.2) is 0 Å². The summed E-state index contributed by atoms with van der Waals surface area (Å²) in [5, 5.41) is 20.5. The molecule has 3 aliphatic carbocycles. The third-order valence-electron chi connectivity index (χ3n) is 5.69. The van der Waals surface area contributed by atoms with E-state index in [4.69, 9.17) is 0 Å². The number of fused-ring (bicyclic) bond motifs is 3. The number of benzene rings is 2. The molecule has 3 aliphatic rings. The lowest BCUT2D eigenvalue weighted by molar-refractivity contribution is 0.0148. The van der Waals surface area contributed by atoms with E-state index in [0.717, 1.165) is 0 Å². The third-order valence-corrected chi connectivity index (χ3v) is 5.69. The van der Waals surface area contributed by atoms with Crippen LogP contribution >= 0.6 is 0 Å². The second-order valence-corrected chi connectivity index (χ2v) is 6.81. The fourth-order valence-corrected chi connectivity index (χ4v) is 4.73. The van der Waals surface area contributed by atoms with Crippen molar-refractivity contribution in [3.05, 3.63) is 71.8 Å². The van der Waals surface area contributed by atoms with E-state index in [2.05, 4.69) is 48.5 Å². The van der Waals surface area contributed by atoms with Crippen LogP contribution in [0.25, 0.3) is 0 Å². The van der Waals surface area contributed by atoms with E-state index >= 15 is 0 Å². The summed E-state index contributed by atoms with van der Waals surface area (Å²) in [5.74, 6) is 1.75. The highest BCUT2D eigenvalue weighted by Crippen LogP contribution is 2.62. The highest BCUT2D eigenvalue weighted by atomic mass is 16.3. The van der Waals surface area contributed by atoms with Crippen LogP contribution in [0.5, 0.6) is 0 Å². The number of aliphatic hydroxyl groups excluding tert-OH is 2. The summed E-state index contributed by atoms with van der Waals surface area (Å²) >= 11 is 0. The van der Waals surface area contributed by atoms with E-state index in [1.807, 2.05) is 12.1 Å². The average Bonchev–Trinajstić information content (AvgIpc) is 2.75. The second-order valence-electron chi connectivity index (χ2n) is 6.81. The molecule has 0 aromatic heterocycles. The minimum absolute atomic E-state index is 0.418. The lowest BCUT2D eigenvalue weighted by Crippen LogP contribution is -2.42. The average molecular weight is 294 g/mol. The zero-order chi connectivity index (χ0) is 15.1. The fraction of sp³-hybridized carbons (Fsp3) is 0.400. The van der Waals surface area contributed by atoms with E-state index in [1.165, 1.54) is 11.1 Å². The van der Waals surface area contributed by atoms with Crippen LogP contribution in [0, 0.1) is 11.8 Å². The normalized spacial score (nSPS) is 37.2. The largest absolute Gasteiger partial charge is 0.390 e. The number of hydrogen-bond acceptors (Lipinski definition) is 2. The number of rotatable bonds is 2. The maximum Gasteiger partial charge on any atom is 0.0802 e. The summed E-state index contributed by atoms with van der Waals surface area (Å²) < 4.78 is 0. The lowest BCUT2D eigenvalue weighted by Gasteiger charge is -2.52. The molecule has 22 heavy (non-hydrogen) atoms. The van der Waals surface area contributed by atoms with Gasteiger partial charge in [-0.15, -0.1) is 0 Å². The molecular weight excluding hydrogens is 272 g/mol. The Morgan fingerprint density at radius 1 is 0.591 bits per heavy atom. The number of aliphatic hydroxyl groups is 2. The molecule has 2 nitrogen and oxygen atoms in total. The first-order valence-corrected chi connectivity index (χ1v) is 8.21. The van der Waals surface area contributed by atoms with Crippen LogP contribution < -0.4 is 0 Å². The van der Waals surface area contributed by atoms with Crippen LogP contribution in [0.15, 0.2) is 60.7 Å². The summed E-state index contributed by atoms with van der Waals surface area (Å²) in [5.41, 5.74) is 2.71. The van der Waals surface area contributed by atoms with Crippen molar-refractivity contribution in [3.8, 4) is 0 Å². The fourth-order valence-electron chi connectivity index (χ4n) is 4.73. The molecule has 0 radical (unpaired) electrons. The maximum atomic E-state index is 10.2. The first kappa shape index (κ1) is 14.0. The van der Waals surface area contributed by atoms with Crippen molar-refractivity contribution in [2.45, 2.75) is 36.9 Å². The molecule has 0 saturated heterocycles. The van der Waals surface area contributed by atoms with E-state index in [0.29, 0.717) is 36.5 Å². The molecule has 2 atom stereocenters. The van der Waals surface area contributed by atoms with Crippen LogP contribution in [0.4, 0.5) is 0 Å². The Morgan fingerprint density at radius 2 is 0.955 bits per heavy atom. The Kier molecular flexibility index (Phi) is 3.51. The van der Waals surface area contributed by atoms with Gasteiger partial charge in [0.1, 0.15) is 0 Å². The third kappa shape index (κ3) is 2.18. The molecule has 2 aromatic rings. The van der Waals surface area contributed by atoms with Crippen LogP contribution in [0.1, 0.15) is 35.8 Å². The van der Waals surface area contributed by atoms with Crippen molar-refractivity contribution >= 4 is 0 Å². The first-order chi connectivity index (χ1) is 10.8. The monoisotopic (exact) mass is 294 g/mol. The highest BCUT2D eigenvalue weighted by molar-refractivity contribution is 5.34. The van der Waals surface area contributed by atoms with Gasteiger partial charge in [0, 0.05) is 0 Å². The van der Waals surface area contributed by atoms with Crippen LogP contribution in [-0.4, -0.2) is 22.4 Å². The SMILES string of the molecule is O[C@@H]1CC2C(c3ccccc3)C(C[C@H]1O)C2c1ccccc1. The van der Waals surface area contributed by atoms with Crippen molar-refractivity contribution in [3.63, 3.8) is 0 Å². The minimum atomic E-state index is -0.588. The van der Waals surface area contributed by atoms with Gasteiger partial charge >= 0.3 is 0 Å². The Labute approximate surface area is 131 Å². The molecule has 2 bridgehead atoms. The highest BCUT2D eigenvalue weighted by Gasteiger charge is 2.55. The summed E-state index contributed by atoms with van der Waals surface area (Å²) in [6.45, 7) is 0. The Hall–Kier alpha value is -1.64. The zero-order valence-electron chi connectivity index (χ0n) is 12.5. The van der Waals surface area contributed by atoms with Gasteiger partial charge in [0.05, 0.1) is 12.2 Å². The Balaban J connectivity index is 1.71. The zero-order valence-corrected chi connectivity index (χ0v) is 12.5.